The van der Waals surface area contributed by atoms with E-state index in [1.54, 1.807) is 0 Å². The number of aromatic nitrogens is 1. The van der Waals surface area contributed by atoms with E-state index in [1.165, 1.54) is 94.3 Å². The van der Waals surface area contributed by atoms with Crippen LogP contribution in [0.4, 0.5) is 17.1 Å². The molecule has 0 saturated heterocycles. The van der Waals surface area contributed by atoms with Gasteiger partial charge in [0.25, 0.3) is 0 Å². The lowest BCUT2D eigenvalue weighted by atomic mass is 9.65. The van der Waals surface area contributed by atoms with Gasteiger partial charge in [0.05, 0.1) is 27.8 Å². The third kappa shape index (κ3) is 5.19. The third-order valence-electron chi connectivity index (χ3n) is 13.6. The van der Waals surface area contributed by atoms with Crippen LogP contribution < -0.4 is 4.90 Å². The molecule has 294 valence electrons. The quantitative estimate of drug-likeness (QED) is 0.163. The van der Waals surface area contributed by atoms with Crippen molar-refractivity contribution in [3.63, 3.8) is 0 Å². The van der Waals surface area contributed by atoms with Gasteiger partial charge in [-0.15, -0.1) is 0 Å². The van der Waals surface area contributed by atoms with E-state index in [4.69, 9.17) is 0 Å². The Bertz CT molecular complexity index is 3500. The third-order valence-corrected chi connectivity index (χ3v) is 13.6. The summed E-state index contributed by atoms with van der Waals surface area (Å²) >= 11 is 0. The number of fused-ring (bicyclic) bond motifs is 12. The van der Waals surface area contributed by atoms with Crippen LogP contribution in [0.1, 0.15) is 22.3 Å². The number of rotatable bonds is 6. The van der Waals surface area contributed by atoms with Crippen LogP contribution in [0.15, 0.2) is 243 Å². The van der Waals surface area contributed by atoms with E-state index in [-0.39, 0.29) is 0 Å². The summed E-state index contributed by atoms with van der Waals surface area (Å²) in [4.78, 5) is 2.44. The van der Waals surface area contributed by atoms with Gasteiger partial charge in [0.1, 0.15) is 0 Å². The Morgan fingerprint density at radius 2 is 0.857 bits per heavy atom. The molecule has 1 unspecified atom stereocenters. The zero-order chi connectivity index (χ0) is 41.5. The summed E-state index contributed by atoms with van der Waals surface area (Å²) in [5.74, 6) is 0. The monoisotopic (exact) mass is 800 g/mol. The fraction of sp³-hybridized carbons (Fsp3) is 0.0164. The van der Waals surface area contributed by atoms with E-state index in [0.717, 1.165) is 17.1 Å². The maximum Gasteiger partial charge on any atom is 0.0754 e. The average Bonchev–Trinajstić information content (AvgIpc) is 3.85. The van der Waals surface area contributed by atoms with Crippen LogP contribution in [-0.4, -0.2) is 4.57 Å². The Hall–Kier alpha value is -8.20. The van der Waals surface area contributed by atoms with Crippen LogP contribution in [0.2, 0.25) is 0 Å². The normalized spacial score (nSPS) is 14.4. The van der Waals surface area contributed by atoms with Crippen molar-refractivity contribution in [2.24, 2.45) is 0 Å². The van der Waals surface area contributed by atoms with Crippen molar-refractivity contribution in [2.75, 3.05) is 4.90 Å². The van der Waals surface area contributed by atoms with Gasteiger partial charge in [0, 0.05) is 27.7 Å². The first-order valence-corrected chi connectivity index (χ1v) is 21.8. The van der Waals surface area contributed by atoms with E-state index in [9.17, 15) is 0 Å². The zero-order valence-electron chi connectivity index (χ0n) is 34.5. The summed E-state index contributed by atoms with van der Waals surface area (Å²) in [6.07, 6.45) is 0. The van der Waals surface area contributed by atoms with Gasteiger partial charge in [-0.3, -0.25) is 0 Å². The van der Waals surface area contributed by atoms with Crippen LogP contribution in [-0.2, 0) is 5.41 Å². The Morgan fingerprint density at radius 3 is 1.60 bits per heavy atom. The molecule has 1 aliphatic heterocycles. The first-order valence-electron chi connectivity index (χ1n) is 21.8. The van der Waals surface area contributed by atoms with Crippen molar-refractivity contribution in [1.82, 2.24) is 4.57 Å². The van der Waals surface area contributed by atoms with Crippen molar-refractivity contribution in [1.29, 1.82) is 0 Å². The molecule has 1 aromatic heterocycles. The lowest BCUT2D eigenvalue weighted by molar-refractivity contribution is 0.748. The smallest absolute Gasteiger partial charge is 0.0754 e. The number of nitrogens with zero attached hydrogens (tertiary/aromatic N) is 2. The van der Waals surface area contributed by atoms with Crippen LogP contribution in [0, 0.1) is 0 Å². The molecule has 10 aromatic carbocycles. The van der Waals surface area contributed by atoms with Gasteiger partial charge < -0.3 is 9.47 Å². The molecule has 0 amide bonds. The molecule has 1 atom stereocenters. The summed E-state index contributed by atoms with van der Waals surface area (Å²) in [6, 6.07) is 89.5. The highest BCUT2D eigenvalue weighted by molar-refractivity contribution is 6.13. The van der Waals surface area contributed by atoms with E-state index < -0.39 is 5.41 Å². The molecule has 0 bridgehead atoms. The Kier molecular flexibility index (Phi) is 7.85. The minimum atomic E-state index is -0.494. The molecule has 2 heterocycles. The summed E-state index contributed by atoms with van der Waals surface area (Å²) < 4.78 is 2.51. The molecule has 0 radical (unpaired) electrons. The molecule has 11 aromatic rings. The largest absolute Gasteiger partial charge is 0.310 e. The topological polar surface area (TPSA) is 8.17 Å². The molecule has 0 fully saturated rings. The first kappa shape index (κ1) is 35.5. The maximum absolute atomic E-state index is 2.51. The number of anilines is 3. The predicted octanol–water partition coefficient (Wildman–Crippen LogP) is 15.9. The molecule has 2 nitrogen and oxygen atoms in total. The highest BCUT2D eigenvalue weighted by atomic mass is 15.1. The summed E-state index contributed by atoms with van der Waals surface area (Å²) in [7, 11) is 0. The molecule has 13 rings (SSSR count). The van der Waals surface area contributed by atoms with Gasteiger partial charge in [0.15, 0.2) is 0 Å². The lowest BCUT2D eigenvalue weighted by Gasteiger charge is -2.39. The second-order valence-corrected chi connectivity index (χ2v) is 16.8. The van der Waals surface area contributed by atoms with Gasteiger partial charge in [-0.25, -0.2) is 0 Å². The molecule has 2 heteroatoms. The van der Waals surface area contributed by atoms with Gasteiger partial charge in [-0.2, -0.15) is 0 Å². The number of para-hydroxylation sites is 4. The van der Waals surface area contributed by atoms with Gasteiger partial charge >= 0.3 is 0 Å². The average molecular weight is 801 g/mol. The summed E-state index contributed by atoms with van der Waals surface area (Å²) in [5, 5.41) is 2.58. The molecular formula is C61H40N2. The SMILES string of the molecule is c1ccc(-c2cccc(N(c3cccc(-c4ccccc4)c3)c3ccccc3-c3ccc4c(c3)-c3ccccc3C43c4ccccc4-n4c5ccccc5c5cccc3c54)c2)cc1. The van der Waals surface area contributed by atoms with Crippen LogP contribution in [0.3, 0.4) is 0 Å². The molecule has 0 saturated carbocycles. The van der Waals surface area contributed by atoms with Crippen molar-refractivity contribution in [3.8, 4) is 50.2 Å². The molecule has 1 spiro atoms. The molecule has 63 heavy (non-hydrogen) atoms. The van der Waals surface area contributed by atoms with Gasteiger partial charge in [0.2, 0.25) is 0 Å². The lowest BCUT2D eigenvalue weighted by Crippen LogP contribution is -2.33. The second kappa shape index (κ2) is 13.9. The van der Waals surface area contributed by atoms with E-state index in [2.05, 4.69) is 252 Å². The number of hydrogen-bond acceptors (Lipinski definition) is 1. The Balaban J connectivity index is 1.04. The Labute approximate surface area is 367 Å². The van der Waals surface area contributed by atoms with Crippen LogP contribution >= 0.6 is 0 Å². The van der Waals surface area contributed by atoms with E-state index in [1.807, 2.05) is 0 Å². The molecular weight excluding hydrogens is 761 g/mol. The predicted molar refractivity (Wildman–Crippen MR) is 263 cm³/mol. The van der Waals surface area contributed by atoms with E-state index in [0.29, 0.717) is 0 Å². The van der Waals surface area contributed by atoms with Crippen LogP contribution in [0.25, 0.3) is 72.0 Å². The van der Waals surface area contributed by atoms with Gasteiger partial charge in [-0.1, -0.05) is 194 Å². The zero-order valence-corrected chi connectivity index (χ0v) is 34.5. The first-order chi connectivity index (χ1) is 31.3. The minimum absolute atomic E-state index is 0.494. The highest BCUT2D eigenvalue weighted by Crippen LogP contribution is 2.61. The summed E-state index contributed by atoms with van der Waals surface area (Å²) in [6.45, 7) is 0. The van der Waals surface area contributed by atoms with Crippen molar-refractivity contribution in [3.05, 3.63) is 265 Å². The van der Waals surface area contributed by atoms with Crippen molar-refractivity contribution >= 4 is 38.9 Å². The van der Waals surface area contributed by atoms with Gasteiger partial charge in [-0.05, 0) is 110 Å². The number of benzene rings is 10. The fourth-order valence-electron chi connectivity index (χ4n) is 11.0. The highest BCUT2D eigenvalue weighted by Gasteiger charge is 2.50. The molecule has 2 aliphatic rings. The maximum atomic E-state index is 2.51. The number of hydrogen-bond donors (Lipinski definition) is 0. The standard InChI is InChI=1S/C61H40N2/c1-3-18-41(19-4-1)43-22-15-24-46(38-43)62(47-25-16-23-44(39-47)42-20-5-2-6-21-42)57-33-12-8-26-48(57)45-36-37-54-52(40-45)49-27-7-10-30-53(49)61(54)55-31-11-14-35-59(55)63-58-34-13-9-28-50(58)51-29-17-32-56(61)60(51)63/h1-40H. The van der Waals surface area contributed by atoms with E-state index >= 15 is 0 Å². The van der Waals surface area contributed by atoms with Crippen LogP contribution in [0.5, 0.6) is 0 Å². The van der Waals surface area contributed by atoms with Crippen molar-refractivity contribution < 1.29 is 0 Å². The second-order valence-electron chi connectivity index (χ2n) is 16.8. The Morgan fingerprint density at radius 1 is 0.317 bits per heavy atom. The molecule has 1 aliphatic carbocycles. The fourth-order valence-corrected chi connectivity index (χ4v) is 11.0. The molecule has 0 N–H and O–H groups in total. The summed E-state index contributed by atoms with van der Waals surface area (Å²) in [5.41, 5.74) is 21.5. The van der Waals surface area contributed by atoms with Crippen molar-refractivity contribution in [2.45, 2.75) is 5.41 Å². The minimum Gasteiger partial charge on any atom is -0.310 e.